The maximum atomic E-state index is 12.7. The molecule has 0 aliphatic carbocycles. The maximum absolute atomic E-state index is 12.7. The van der Waals surface area contributed by atoms with E-state index in [2.05, 4.69) is 12.2 Å². The number of aryl methyl sites for hydroxylation is 1. The summed E-state index contributed by atoms with van der Waals surface area (Å²) in [5.74, 6) is 0.200. The number of carbonyl (C=O) groups is 1. The van der Waals surface area contributed by atoms with Gasteiger partial charge in [-0.1, -0.05) is 37.3 Å². The number of nitrogens with one attached hydrogen (secondary N) is 1. The summed E-state index contributed by atoms with van der Waals surface area (Å²) in [6.45, 7) is 3.01. The van der Waals surface area contributed by atoms with Gasteiger partial charge in [-0.2, -0.15) is 4.31 Å². The zero-order chi connectivity index (χ0) is 19.3. The van der Waals surface area contributed by atoms with Gasteiger partial charge in [0.25, 0.3) is 0 Å². The van der Waals surface area contributed by atoms with Crippen molar-refractivity contribution in [2.45, 2.75) is 37.5 Å². The summed E-state index contributed by atoms with van der Waals surface area (Å²) in [7, 11) is -3.44. The highest BCUT2D eigenvalue weighted by molar-refractivity contribution is 7.89. The molecule has 0 spiro atoms. The van der Waals surface area contributed by atoms with Crippen molar-refractivity contribution in [3.05, 3.63) is 60.2 Å². The van der Waals surface area contributed by atoms with Crippen molar-refractivity contribution in [1.29, 1.82) is 0 Å². The number of carbonyl (C=O) groups excluding carboxylic acids is 1. The number of piperidine rings is 1. The van der Waals surface area contributed by atoms with E-state index in [0.29, 0.717) is 37.2 Å². The predicted molar refractivity (Wildman–Crippen MR) is 107 cm³/mol. The van der Waals surface area contributed by atoms with Gasteiger partial charge in [0.15, 0.2) is 0 Å². The summed E-state index contributed by atoms with van der Waals surface area (Å²) in [6, 6.07) is 16.4. The molecule has 0 aromatic heterocycles. The smallest absolute Gasteiger partial charge is 0.243 e. The summed E-state index contributed by atoms with van der Waals surface area (Å²) in [6.07, 6.45) is 2.80. The van der Waals surface area contributed by atoms with Gasteiger partial charge in [0.1, 0.15) is 0 Å². The van der Waals surface area contributed by atoms with Crippen LogP contribution in [0.5, 0.6) is 0 Å². The first-order valence-electron chi connectivity index (χ1n) is 9.43. The number of benzene rings is 2. The normalized spacial score (nSPS) is 16.2. The molecule has 1 heterocycles. The van der Waals surface area contributed by atoms with Gasteiger partial charge in [0.05, 0.1) is 4.90 Å². The number of anilines is 1. The van der Waals surface area contributed by atoms with Gasteiger partial charge < -0.3 is 5.32 Å². The number of nitrogens with zero attached hydrogens (tertiary/aromatic N) is 1. The second-order valence-electron chi connectivity index (χ2n) is 6.96. The lowest BCUT2D eigenvalue weighted by Gasteiger charge is -2.31. The average Bonchev–Trinajstić information content (AvgIpc) is 2.69. The third-order valence-electron chi connectivity index (χ3n) is 5.07. The van der Waals surface area contributed by atoms with Crippen LogP contribution in [-0.2, 0) is 21.2 Å². The minimum atomic E-state index is -3.44. The van der Waals surface area contributed by atoms with Crippen LogP contribution in [0, 0.1) is 5.92 Å². The fraction of sp³-hybridized carbons (Fsp3) is 0.381. The van der Waals surface area contributed by atoms with Gasteiger partial charge in [-0.05, 0) is 55.0 Å². The summed E-state index contributed by atoms with van der Waals surface area (Å²) in [5.41, 5.74) is 2.04. The Kier molecular flexibility index (Phi) is 6.29. The van der Waals surface area contributed by atoms with Gasteiger partial charge >= 0.3 is 0 Å². The number of hydrogen-bond donors (Lipinski definition) is 1. The van der Waals surface area contributed by atoms with Crippen molar-refractivity contribution in [1.82, 2.24) is 4.31 Å². The Bertz CT molecular complexity index is 856. The van der Waals surface area contributed by atoms with Gasteiger partial charge in [-0.3, -0.25) is 4.79 Å². The Labute approximate surface area is 161 Å². The number of hydrogen-bond acceptors (Lipinski definition) is 3. The highest BCUT2D eigenvalue weighted by Crippen LogP contribution is 2.26. The van der Waals surface area contributed by atoms with Gasteiger partial charge in [0.2, 0.25) is 15.9 Å². The van der Waals surface area contributed by atoms with E-state index in [1.807, 2.05) is 24.3 Å². The number of rotatable bonds is 6. The molecule has 27 heavy (non-hydrogen) atoms. The second-order valence-corrected chi connectivity index (χ2v) is 8.90. The minimum Gasteiger partial charge on any atom is -0.326 e. The van der Waals surface area contributed by atoms with Crippen LogP contribution in [0.15, 0.2) is 59.5 Å². The van der Waals surface area contributed by atoms with E-state index in [4.69, 9.17) is 0 Å². The predicted octanol–water partition coefficient (Wildman–Crippen LogP) is 3.68. The zero-order valence-corrected chi connectivity index (χ0v) is 16.4. The van der Waals surface area contributed by atoms with Crippen LogP contribution in [0.2, 0.25) is 0 Å². The van der Waals surface area contributed by atoms with E-state index < -0.39 is 10.0 Å². The summed E-state index contributed by atoms with van der Waals surface area (Å²) >= 11 is 0. The first-order chi connectivity index (χ1) is 13.0. The molecular formula is C21H26N2O3S. The van der Waals surface area contributed by atoms with E-state index >= 15 is 0 Å². The molecule has 2 aromatic carbocycles. The Morgan fingerprint density at radius 3 is 2.26 bits per heavy atom. The maximum Gasteiger partial charge on any atom is 0.243 e. The van der Waals surface area contributed by atoms with Crippen LogP contribution in [0.4, 0.5) is 5.69 Å². The van der Waals surface area contributed by atoms with Gasteiger partial charge in [0, 0.05) is 25.2 Å². The highest BCUT2D eigenvalue weighted by Gasteiger charge is 2.30. The molecule has 0 atom stereocenters. The van der Waals surface area contributed by atoms with Gasteiger partial charge in [-0.15, -0.1) is 0 Å². The second kappa shape index (κ2) is 8.67. The van der Waals surface area contributed by atoms with Crippen LogP contribution in [0.3, 0.4) is 0 Å². The molecule has 3 rings (SSSR count). The lowest BCUT2D eigenvalue weighted by Crippen LogP contribution is -2.39. The number of amides is 1. The van der Waals surface area contributed by atoms with Crippen LogP contribution in [0.25, 0.3) is 0 Å². The van der Waals surface area contributed by atoms with E-state index in [9.17, 15) is 13.2 Å². The average molecular weight is 387 g/mol. The molecule has 0 radical (unpaired) electrons. The number of sulfonamides is 1. The SMILES string of the molecule is CCc1ccc(NC(=O)CC2CCN(S(=O)(=O)c3ccccc3)CC2)cc1. The summed E-state index contributed by atoms with van der Waals surface area (Å²) < 4.78 is 26.8. The Hall–Kier alpha value is -2.18. The highest BCUT2D eigenvalue weighted by atomic mass is 32.2. The molecule has 0 saturated carbocycles. The van der Waals surface area contributed by atoms with E-state index in [1.165, 1.54) is 9.87 Å². The van der Waals surface area contributed by atoms with Crippen molar-refractivity contribution in [2.24, 2.45) is 5.92 Å². The molecule has 0 unspecified atom stereocenters. The van der Waals surface area contributed by atoms with Crippen molar-refractivity contribution in [2.75, 3.05) is 18.4 Å². The zero-order valence-electron chi connectivity index (χ0n) is 15.6. The Morgan fingerprint density at radius 2 is 1.67 bits per heavy atom. The van der Waals surface area contributed by atoms with Crippen LogP contribution >= 0.6 is 0 Å². The fourth-order valence-electron chi connectivity index (χ4n) is 3.39. The molecule has 2 aromatic rings. The quantitative estimate of drug-likeness (QED) is 0.824. The Morgan fingerprint density at radius 1 is 1.04 bits per heavy atom. The standard InChI is InChI=1S/C21H26N2O3S/c1-2-17-8-10-19(11-9-17)22-21(24)16-18-12-14-23(15-13-18)27(25,26)20-6-4-3-5-7-20/h3-11,18H,2,12-16H2,1H3,(H,22,24). The summed E-state index contributed by atoms with van der Waals surface area (Å²) in [5, 5.41) is 2.94. The Balaban J connectivity index is 1.51. The lowest BCUT2D eigenvalue weighted by molar-refractivity contribution is -0.117. The molecule has 144 valence electrons. The lowest BCUT2D eigenvalue weighted by atomic mass is 9.94. The molecule has 1 N–H and O–H groups in total. The first-order valence-corrected chi connectivity index (χ1v) is 10.9. The fourth-order valence-corrected chi connectivity index (χ4v) is 4.88. The van der Waals surface area contributed by atoms with E-state index in [1.54, 1.807) is 30.3 Å². The molecule has 5 nitrogen and oxygen atoms in total. The third kappa shape index (κ3) is 4.96. The molecule has 6 heteroatoms. The van der Waals surface area contributed by atoms with Crippen LogP contribution in [-0.4, -0.2) is 31.7 Å². The first kappa shape index (κ1) is 19.6. The van der Waals surface area contributed by atoms with E-state index in [0.717, 1.165) is 12.1 Å². The molecule has 1 saturated heterocycles. The monoisotopic (exact) mass is 386 g/mol. The topological polar surface area (TPSA) is 66.5 Å². The van der Waals surface area contributed by atoms with E-state index in [-0.39, 0.29) is 11.8 Å². The molecular weight excluding hydrogens is 360 g/mol. The minimum absolute atomic E-state index is 0.0105. The van der Waals surface area contributed by atoms with Crippen molar-refractivity contribution >= 4 is 21.6 Å². The van der Waals surface area contributed by atoms with Crippen molar-refractivity contribution < 1.29 is 13.2 Å². The van der Waals surface area contributed by atoms with Gasteiger partial charge in [-0.25, -0.2) is 8.42 Å². The molecule has 1 aliphatic rings. The summed E-state index contributed by atoms with van der Waals surface area (Å²) in [4.78, 5) is 12.6. The molecule has 1 aliphatic heterocycles. The molecule has 1 amide bonds. The van der Waals surface area contributed by atoms with Crippen LogP contribution < -0.4 is 5.32 Å². The van der Waals surface area contributed by atoms with Crippen LogP contribution in [0.1, 0.15) is 31.7 Å². The molecule has 0 bridgehead atoms. The molecule has 1 fully saturated rings. The van der Waals surface area contributed by atoms with Crippen molar-refractivity contribution in [3.63, 3.8) is 0 Å². The third-order valence-corrected chi connectivity index (χ3v) is 6.99. The largest absolute Gasteiger partial charge is 0.326 e. The van der Waals surface area contributed by atoms with Crippen molar-refractivity contribution in [3.8, 4) is 0 Å².